The first-order valence-electron chi connectivity index (χ1n) is 6.66. The molecule has 0 saturated heterocycles. The maximum Gasteiger partial charge on any atom is 0.223 e. The number of carbonyl (C=O) groups is 1. The maximum absolute atomic E-state index is 11.8. The molecule has 0 aliphatic heterocycles. The number of benzene rings is 1. The molecule has 18 heavy (non-hydrogen) atoms. The Hall–Kier alpha value is -1.35. The van der Waals surface area contributed by atoms with Crippen LogP contribution >= 0.6 is 0 Å². The van der Waals surface area contributed by atoms with Gasteiger partial charge in [0.2, 0.25) is 5.91 Å². The molecule has 0 aromatic heterocycles. The van der Waals surface area contributed by atoms with Crippen molar-refractivity contribution in [3.8, 4) is 0 Å². The van der Waals surface area contributed by atoms with Crippen LogP contribution in [0.1, 0.15) is 31.9 Å². The second-order valence-electron chi connectivity index (χ2n) is 4.92. The minimum atomic E-state index is -0.0470. The molecule has 1 aliphatic rings. The summed E-state index contributed by atoms with van der Waals surface area (Å²) in [6.45, 7) is 5.29. The highest BCUT2D eigenvalue weighted by molar-refractivity contribution is 5.81. The molecule has 1 aromatic carbocycles. The monoisotopic (exact) mass is 247 g/mol. The summed E-state index contributed by atoms with van der Waals surface area (Å²) in [6.07, 6.45) is 0.977. The van der Waals surface area contributed by atoms with E-state index in [-0.39, 0.29) is 17.9 Å². The molecule has 3 nitrogen and oxygen atoms in total. The Morgan fingerprint density at radius 2 is 2.11 bits per heavy atom. The average Bonchev–Trinajstić information content (AvgIpc) is 3.12. The Morgan fingerprint density at radius 3 is 2.67 bits per heavy atom. The highest BCUT2D eigenvalue weighted by atomic mass is 16.5. The third-order valence-corrected chi connectivity index (χ3v) is 3.45. The van der Waals surface area contributed by atoms with Crippen LogP contribution in [0, 0.1) is 11.8 Å². The molecule has 0 radical (unpaired) electrons. The molecule has 1 saturated carbocycles. The summed E-state index contributed by atoms with van der Waals surface area (Å²) in [6, 6.07) is 10.0. The summed E-state index contributed by atoms with van der Waals surface area (Å²) in [5.74, 6) is 0.943. The Balaban J connectivity index is 1.88. The Morgan fingerprint density at radius 1 is 1.44 bits per heavy atom. The van der Waals surface area contributed by atoms with Crippen LogP contribution < -0.4 is 5.32 Å². The fraction of sp³-hybridized carbons (Fsp3) is 0.533. The van der Waals surface area contributed by atoms with Crippen LogP contribution in [0.15, 0.2) is 30.3 Å². The molecule has 2 rings (SSSR count). The quantitative estimate of drug-likeness (QED) is 0.839. The molecule has 1 fully saturated rings. The third-order valence-electron chi connectivity index (χ3n) is 3.45. The zero-order valence-electron chi connectivity index (χ0n) is 11.1. The van der Waals surface area contributed by atoms with Crippen molar-refractivity contribution in [1.82, 2.24) is 5.32 Å². The van der Waals surface area contributed by atoms with Crippen molar-refractivity contribution in [3.05, 3.63) is 35.9 Å². The van der Waals surface area contributed by atoms with E-state index in [1.54, 1.807) is 0 Å². The van der Waals surface area contributed by atoms with Crippen molar-refractivity contribution in [2.75, 3.05) is 13.2 Å². The van der Waals surface area contributed by atoms with Gasteiger partial charge in [-0.3, -0.25) is 4.79 Å². The molecule has 3 heteroatoms. The lowest BCUT2D eigenvalue weighted by molar-refractivity contribution is -0.123. The van der Waals surface area contributed by atoms with Gasteiger partial charge in [0.15, 0.2) is 0 Å². The summed E-state index contributed by atoms with van der Waals surface area (Å²) in [4.78, 5) is 11.8. The molecule has 1 aliphatic carbocycles. The van der Waals surface area contributed by atoms with Gasteiger partial charge in [0.1, 0.15) is 0 Å². The zero-order chi connectivity index (χ0) is 13.0. The molecular weight excluding hydrogens is 226 g/mol. The highest BCUT2D eigenvalue weighted by Gasteiger charge is 2.39. The zero-order valence-corrected chi connectivity index (χ0v) is 11.1. The van der Waals surface area contributed by atoms with Crippen LogP contribution in [0.25, 0.3) is 0 Å². The van der Waals surface area contributed by atoms with Crippen LogP contribution in [0.3, 0.4) is 0 Å². The Bertz CT molecular complexity index is 391. The van der Waals surface area contributed by atoms with Crippen molar-refractivity contribution in [3.63, 3.8) is 0 Å². The van der Waals surface area contributed by atoms with E-state index in [1.165, 1.54) is 0 Å². The largest absolute Gasteiger partial charge is 0.372 e. The van der Waals surface area contributed by atoms with Crippen molar-refractivity contribution in [2.24, 2.45) is 11.8 Å². The molecule has 98 valence electrons. The lowest BCUT2D eigenvalue weighted by Crippen LogP contribution is -2.31. The number of amides is 1. The predicted molar refractivity (Wildman–Crippen MR) is 71.1 cm³/mol. The summed E-state index contributed by atoms with van der Waals surface area (Å²) in [5.41, 5.74) is 1.11. The van der Waals surface area contributed by atoms with E-state index in [0.29, 0.717) is 19.1 Å². The van der Waals surface area contributed by atoms with Gasteiger partial charge in [0.25, 0.3) is 0 Å². The van der Waals surface area contributed by atoms with Gasteiger partial charge in [-0.2, -0.15) is 0 Å². The normalized spacial score (nSPS) is 23.4. The van der Waals surface area contributed by atoms with Crippen molar-refractivity contribution >= 4 is 5.91 Å². The van der Waals surface area contributed by atoms with Gasteiger partial charge in [-0.15, -0.1) is 0 Å². The first-order chi connectivity index (χ1) is 8.72. The van der Waals surface area contributed by atoms with Crippen molar-refractivity contribution in [2.45, 2.75) is 26.4 Å². The van der Waals surface area contributed by atoms with Gasteiger partial charge in [-0.1, -0.05) is 37.3 Å². The van der Waals surface area contributed by atoms with Crippen molar-refractivity contribution in [1.29, 1.82) is 0 Å². The SMILES string of the molecule is CCO[C@H](CNC(=O)[C@H]1C[C@H]1C)c1ccccc1. The minimum Gasteiger partial charge on any atom is -0.372 e. The Kier molecular flexibility index (Phi) is 4.37. The summed E-state index contributed by atoms with van der Waals surface area (Å²) < 4.78 is 5.69. The Labute approximate surface area is 109 Å². The lowest BCUT2D eigenvalue weighted by Gasteiger charge is -2.18. The first-order valence-corrected chi connectivity index (χ1v) is 6.66. The predicted octanol–water partition coefficient (Wildman–Crippen LogP) is 2.54. The summed E-state index contributed by atoms with van der Waals surface area (Å²) in [5, 5.41) is 2.99. The smallest absolute Gasteiger partial charge is 0.223 e. The van der Waals surface area contributed by atoms with E-state index in [1.807, 2.05) is 37.3 Å². The van der Waals surface area contributed by atoms with Crippen LogP contribution in [0.5, 0.6) is 0 Å². The second kappa shape index (κ2) is 6.01. The molecule has 1 N–H and O–H groups in total. The highest BCUT2D eigenvalue weighted by Crippen LogP contribution is 2.37. The number of carbonyl (C=O) groups excluding carboxylic acids is 1. The number of hydrogen-bond acceptors (Lipinski definition) is 2. The summed E-state index contributed by atoms with van der Waals surface area (Å²) >= 11 is 0. The molecule has 0 bridgehead atoms. The van der Waals surface area contributed by atoms with Gasteiger partial charge >= 0.3 is 0 Å². The molecule has 0 spiro atoms. The minimum absolute atomic E-state index is 0.0470. The van der Waals surface area contributed by atoms with Gasteiger partial charge in [0, 0.05) is 19.1 Å². The third kappa shape index (κ3) is 3.33. The van der Waals surface area contributed by atoms with Crippen LogP contribution in [-0.4, -0.2) is 19.1 Å². The maximum atomic E-state index is 11.8. The molecule has 0 heterocycles. The second-order valence-corrected chi connectivity index (χ2v) is 4.92. The molecular formula is C15H21NO2. The van der Waals surface area contributed by atoms with E-state index in [4.69, 9.17) is 4.74 Å². The average molecular weight is 247 g/mol. The number of nitrogens with one attached hydrogen (secondary N) is 1. The van der Waals surface area contributed by atoms with Gasteiger partial charge in [-0.05, 0) is 24.8 Å². The lowest BCUT2D eigenvalue weighted by atomic mass is 10.1. The fourth-order valence-electron chi connectivity index (χ4n) is 2.15. The van der Waals surface area contributed by atoms with Gasteiger partial charge in [0.05, 0.1) is 6.10 Å². The number of rotatable bonds is 6. The first kappa shape index (κ1) is 13.1. The van der Waals surface area contributed by atoms with E-state index in [9.17, 15) is 4.79 Å². The topological polar surface area (TPSA) is 38.3 Å². The molecule has 1 aromatic rings. The standard InChI is InChI=1S/C15H21NO2/c1-3-18-14(12-7-5-4-6-8-12)10-16-15(17)13-9-11(13)2/h4-8,11,13-14H,3,9-10H2,1-2H3,(H,16,17)/t11-,13+,14-/m1/s1. The molecule has 0 unspecified atom stereocenters. The van der Waals surface area contributed by atoms with E-state index >= 15 is 0 Å². The van der Waals surface area contributed by atoms with Crippen LogP contribution in [0.2, 0.25) is 0 Å². The number of hydrogen-bond donors (Lipinski definition) is 1. The molecule has 3 atom stereocenters. The van der Waals surface area contributed by atoms with E-state index < -0.39 is 0 Å². The summed E-state index contributed by atoms with van der Waals surface area (Å²) in [7, 11) is 0. The van der Waals surface area contributed by atoms with Crippen LogP contribution in [0.4, 0.5) is 0 Å². The fourth-order valence-corrected chi connectivity index (χ4v) is 2.15. The molecule has 1 amide bonds. The van der Waals surface area contributed by atoms with Gasteiger partial charge in [-0.25, -0.2) is 0 Å². The number of ether oxygens (including phenoxy) is 1. The van der Waals surface area contributed by atoms with Crippen molar-refractivity contribution < 1.29 is 9.53 Å². The van der Waals surface area contributed by atoms with Crippen LogP contribution in [-0.2, 0) is 9.53 Å². The van der Waals surface area contributed by atoms with E-state index in [0.717, 1.165) is 12.0 Å². The van der Waals surface area contributed by atoms with Gasteiger partial charge < -0.3 is 10.1 Å². The van der Waals surface area contributed by atoms with E-state index in [2.05, 4.69) is 12.2 Å².